The average Bonchev–Trinajstić information content (AvgIpc) is 2.63. The minimum Gasteiger partial charge on any atom is -0.508 e. The summed E-state index contributed by atoms with van der Waals surface area (Å²) in [4.78, 5) is 12.4. The van der Waals surface area contributed by atoms with E-state index >= 15 is 0 Å². The molecule has 0 aliphatic heterocycles. The van der Waals surface area contributed by atoms with Gasteiger partial charge in [-0.1, -0.05) is 30.0 Å². The van der Waals surface area contributed by atoms with Crippen LogP contribution in [0.4, 0.5) is 0 Å². The number of phenolic OH excluding ortho intramolecular Hbond substituents is 3. The third-order valence-electron chi connectivity index (χ3n) is 4.02. The maximum absolute atomic E-state index is 11.0. The van der Waals surface area contributed by atoms with Crippen LogP contribution in [0.5, 0.6) is 17.2 Å². The zero-order valence-electron chi connectivity index (χ0n) is 14.3. The van der Waals surface area contributed by atoms with Gasteiger partial charge in [0.25, 0.3) is 0 Å². The third kappa shape index (κ3) is 4.74. The van der Waals surface area contributed by atoms with Crippen molar-refractivity contribution in [3.05, 3.63) is 66.2 Å². The second-order valence-electron chi connectivity index (χ2n) is 6.02. The Balaban J connectivity index is 1.99. The predicted molar refractivity (Wildman–Crippen MR) is 103 cm³/mol. The molecule has 4 N–H and O–H groups in total. The van der Waals surface area contributed by atoms with Crippen molar-refractivity contribution in [3.63, 3.8) is 0 Å². The third-order valence-corrected chi connectivity index (χ3v) is 5.07. The highest BCUT2D eigenvalue weighted by Crippen LogP contribution is 2.39. The van der Waals surface area contributed by atoms with Crippen molar-refractivity contribution < 1.29 is 25.2 Å². The number of hydrogen-bond acceptors (Lipinski definition) is 5. The first-order valence-electron chi connectivity index (χ1n) is 8.26. The van der Waals surface area contributed by atoms with Crippen molar-refractivity contribution in [2.75, 3.05) is 0 Å². The second-order valence-corrected chi connectivity index (χ2v) is 7.13. The molecule has 138 valence electrons. The Labute approximate surface area is 160 Å². The number of benzene rings is 3. The first-order chi connectivity index (χ1) is 12.9. The summed E-state index contributed by atoms with van der Waals surface area (Å²) in [6.07, 6.45) is 0.382. The lowest BCUT2D eigenvalue weighted by Gasteiger charge is -2.13. The highest BCUT2D eigenvalue weighted by atomic mass is 32.2. The van der Waals surface area contributed by atoms with Crippen molar-refractivity contribution in [2.24, 2.45) is 0 Å². The van der Waals surface area contributed by atoms with Crippen LogP contribution in [0.3, 0.4) is 0 Å². The van der Waals surface area contributed by atoms with Crippen LogP contribution >= 0.6 is 11.8 Å². The molecule has 3 aromatic rings. The molecule has 27 heavy (non-hydrogen) atoms. The molecule has 0 unspecified atom stereocenters. The number of rotatable bonds is 6. The molecule has 0 bridgehead atoms. The normalized spacial score (nSPS) is 10.7. The van der Waals surface area contributed by atoms with Gasteiger partial charge in [-0.3, -0.25) is 4.79 Å². The lowest BCUT2D eigenvalue weighted by molar-refractivity contribution is -0.136. The standard InChI is InChI=1S/C21H18O5S/c22-15-3-1-2-14(10-15)18-12-17(7-4-13(18)5-9-21(25)26)27-20-8-6-16(23)11-19(20)24/h1-4,6-8,10-12,22-24H,5,9H2,(H,25,26). The second kappa shape index (κ2) is 8.05. The van der Waals surface area contributed by atoms with E-state index in [9.17, 15) is 20.1 Å². The van der Waals surface area contributed by atoms with Gasteiger partial charge in [-0.05, 0) is 59.5 Å². The Kier molecular flexibility index (Phi) is 5.57. The molecule has 3 rings (SSSR count). The molecule has 5 nitrogen and oxygen atoms in total. The Hall–Kier alpha value is -3.12. The fourth-order valence-corrected chi connectivity index (χ4v) is 3.61. The number of aliphatic carboxylic acids is 1. The Bertz CT molecular complexity index is 984. The Morgan fingerprint density at radius 2 is 1.67 bits per heavy atom. The number of aromatic hydroxyl groups is 3. The summed E-state index contributed by atoms with van der Waals surface area (Å²) in [5.41, 5.74) is 2.48. The molecule has 3 aromatic carbocycles. The molecule has 0 atom stereocenters. The van der Waals surface area contributed by atoms with Crippen molar-refractivity contribution in [2.45, 2.75) is 22.6 Å². The summed E-state index contributed by atoms with van der Waals surface area (Å²) in [5, 5.41) is 38.2. The molecular weight excluding hydrogens is 364 g/mol. The van der Waals surface area contributed by atoms with Crippen LogP contribution < -0.4 is 0 Å². The molecule has 0 heterocycles. The highest BCUT2D eigenvalue weighted by Gasteiger charge is 2.11. The average molecular weight is 382 g/mol. The van der Waals surface area contributed by atoms with E-state index in [1.54, 1.807) is 24.3 Å². The van der Waals surface area contributed by atoms with Crippen LogP contribution in [0, 0.1) is 0 Å². The maximum atomic E-state index is 11.0. The Morgan fingerprint density at radius 3 is 2.37 bits per heavy atom. The van der Waals surface area contributed by atoms with Crippen molar-refractivity contribution in [1.82, 2.24) is 0 Å². The summed E-state index contributed by atoms with van der Waals surface area (Å²) >= 11 is 1.33. The highest BCUT2D eigenvalue weighted by molar-refractivity contribution is 7.99. The minimum atomic E-state index is -0.871. The fourth-order valence-electron chi connectivity index (χ4n) is 2.74. The molecule has 0 saturated carbocycles. The zero-order valence-corrected chi connectivity index (χ0v) is 15.1. The van der Waals surface area contributed by atoms with Crippen LogP contribution in [0.15, 0.2) is 70.5 Å². The quantitative estimate of drug-likeness (QED) is 0.496. The van der Waals surface area contributed by atoms with Gasteiger partial charge in [0.15, 0.2) is 0 Å². The van der Waals surface area contributed by atoms with Crippen molar-refractivity contribution >= 4 is 17.7 Å². The van der Waals surface area contributed by atoms with Crippen LogP contribution in [-0.4, -0.2) is 26.4 Å². The monoisotopic (exact) mass is 382 g/mol. The van der Waals surface area contributed by atoms with Gasteiger partial charge in [0.2, 0.25) is 0 Å². The fraction of sp³-hybridized carbons (Fsp3) is 0.0952. The van der Waals surface area contributed by atoms with Crippen LogP contribution in [0.25, 0.3) is 11.1 Å². The van der Waals surface area contributed by atoms with E-state index in [0.717, 1.165) is 21.6 Å². The molecule has 0 aliphatic carbocycles. The summed E-state index contributed by atoms with van der Waals surface area (Å²) in [6.45, 7) is 0. The SMILES string of the molecule is O=C(O)CCc1ccc(Sc2ccc(O)cc2O)cc1-c1cccc(O)c1. The van der Waals surface area contributed by atoms with E-state index in [1.807, 2.05) is 24.3 Å². The van der Waals surface area contributed by atoms with Crippen molar-refractivity contribution in [3.8, 4) is 28.4 Å². The molecule has 0 aromatic heterocycles. The van der Waals surface area contributed by atoms with E-state index in [1.165, 1.54) is 23.9 Å². The number of carboxylic acids is 1. The molecule has 0 spiro atoms. The van der Waals surface area contributed by atoms with Gasteiger partial charge in [0, 0.05) is 17.4 Å². The molecule has 0 fully saturated rings. The van der Waals surface area contributed by atoms with E-state index in [4.69, 9.17) is 5.11 Å². The Morgan fingerprint density at radius 1 is 0.889 bits per heavy atom. The molecule has 0 amide bonds. The van der Waals surface area contributed by atoms with Gasteiger partial charge in [0.1, 0.15) is 17.2 Å². The summed E-state index contributed by atoms with van der Waals surface area (Å²) < 4.78 is 0. The van der Waals surface area contributed by atoms with Gasteiger partial charge in [-0.2, -0.15) is 0 Å². The summed E-state index contributed by atoms with van der Waals surface area (Å²) in [7, 11) is 0. The first-order valence-corrected chi connectivity index (χ1v) is 9.08. The largest absolute Gasteiger partial charge is 0.508 e. The number of phenols is 3. The van der Waals surface area contributed by atoms with Gasteiger partial charge in [-0.25, -0.2) is 0 Å². The molecular formula is C21H18O5S. The van der Waals surface area contributed by atoms with Crippen LogP contribution in [0.1, 0.15) is 12.0 Å². The van der Waals surface area contributed by atoms with E-state index in [-0.39, 0.29) is 23.7 Å². The van der Waals surface area contributed by atoms with Gasteiger partial charge in [-0.15, -0.1) is 0 Å². The van der Waals surface area contributed by atoms with Crippen molar-refractivity contribution in [1.29, 1.82) is 0 Å². The molecule has 6 heteroatoms. The predicted octanol–water partition coefficient (Wildman–Crippen LogP) is 4.64. The summed E-state index contributed by atoms with van der Waals surface area (Å²) in [5.74, 6) is -0.773. The molecule has 0 aliphatic rings. The molecule has 0 radical (unpaired) electrons. The topological polar surface area (TPSA) is 98.0 Å². The smallest absolute Gasteiger partial charge is 0.303 e. The van der Waals surface area contributed by atoms with E-state index in [2.05, 4.69) is 0 Å². The van der Waals surface area contributed by atoms with Gasteiger partial charge < -0.3 is 20.4 Å². The van der Waals surface area contributed by atoms with Gasteiger partial charge in [0.05, 0.1) is 4.90 Å². The number of hydrogen-bond donors (Lipinski definition) is 4. The minimum absolute atomic E-state index is 0.0110. The molecule has 0 saturated heterocycles. The zero-order chi connectivity index (χ0) is 19.4. The van der Waals surface area contributed by atoms with E-state index < -0.39 is 5.97 Å². The van der Waals surface area contributed by atoms with Gasteiger partial charge >= 0.3 is 5.97 Å². The number of carboxylic acid groups (broad SMARTS) is 1. The number of aryl methyl sites for hydroxylation is 1. The van der Waals surface area contributed by atoms with Crippen LogP contribution in [0.2, 0.25) is 0 Å². The lowest BCUT2D eigenvalue weighted by Crippen LogP contribution is -1.99. The first kappa shape index (κ1) is 18.7. The van der Waals surface area contributed by atoms with E-state index in [0.29, 0.717) is 11.3 Å². The summed E-state index contributed by atoms with van der Waals surface area (Å²) in [6, 6.07) is 16.8. The van der Waals surface area contributed by atoms with Crippen LogP contribution in [-0.2, 0) is 11.2 Å². The number of carbonyl (C=O) groups is 1. The maximum Gasteiger partial charge on any atom is 0.303 e. The lowest BCUT2D eigenvalue weighted by atomic mass is 9.96.